The molecule has 1 atom stereocenters. The van der Waals surface area contributed by atoms with Crippen LogP contribution >= 0.6 is 11.9 Å². The van der Waals surface area contributed by atoms with Crippen LogP contribution in [-0.2, 0) is 4.79 Å². The lowest BCUT2D eigenvalue weighted by Crippen LogP contribution is -2.33. The Labute approximate surface area is 63.1 Å². The first-order chi connectivity index (χ1) is 4.75. The molecule has 5 heteroatoms. The summed E-state index contributed by atoms with van der Waals surface area (Å²) in [5, 5.41) is 8.06. The second kappa shape index (κ2) is 2.92. The van der Waals surface area contributed by atoms with Crippen molar-refractivity contribution in [1.82, 2.24) is 4.90 Å². The van der Waals surface area contributed by atoms with Crippen LogP contribution in [0.5, 0.6) is 0 Å². The zero-order chi connectivity index (χ0) is 7.56. The van der Waals surface area contributed by atoms with Gasteiger partial charge in [-0.2, -0.15) is 0 Å². The number of carbonyl (C=O) groups is 1. The van der Waals surface area contributed by atoms with Crippen molar-refractivity contribution in [3.8, 4) is 0 Å². The molecule has 0 saturated carbocycles. The molecule has 0 bridgehead atoms. The zero-order valence-corrected chi connectivity index (χ0v) is 6.34. The molecule has 0 fully saturated rings. The van der Waals surface area contributed by atoms with Crippen molar-refractivity contribution >= 4 is 24.3 Å². The van der Waals surface area contributed by atoms with Crippen molar-refractivity contribution in [2.45, 2.75) is 12.3 Å². The van der Waals surface area contributed by atoms with Gasteiger partial charge in [0.25, 0.3) is 0 Å². The zero-order valence-electron chi connectivity index (χ0n) is 5.52. The van der Waals surface area contributed by atoms with Gasteiger partial charge in [-0.25, -0.2) is 9.19 Å². The minimum Gasteiger partial charge on any atom is -0.479 e. The fourth-order valence-corrected chi connectivity index (χ4v) is 1.41. The summed E-state index contributed by atoms with van der Waals surface area (Å²) in [6, 6.07) is 0. The number of likely N-dealkylation sites (N-methyl/N-ethyl adjacent to an activating group) is 1. The third kappa shape index (κ3) is 1.23. The van der Waals surface area contributed by atoms with Crippen molar-refractivity contribution in [2.24, 2.45) is 4.40 Å². The van der Waals surface area contributed by atoms with Gasteiger partial charge in [0, 0.05) is 18.5 Å². The van der Waals surface area contributed by atoms with Gasteiger partial charge in [0.15, 0.2) is 5.37 Å². The van der Waals surface area contributed by atoms with Gasteiger partial charge < -0.3 is 10.0 Å². The summed E-state index contributed by atoms with van der Waals surface area (Å²) >= 11 is 1.08. The van der Waals surface area contributed by atoms with Gasteiger partial charge in [-0.15, -0.1) is 0 Å². The third-order valence-corrected chi connectivity index (χ3v) is 2.12. The molecule has 0 amide bonds. The Hall–Kier alpha value is -0.710. The molecule has 4 nitrogen and oxygen atoms in total. The second-order valence-electron chi connectivity index (χ2n) is 1.85. The summed E-state index contributed by atoms with van der Waals surface area (Å²) in [5.41, 5.74) is 0. The van der Waals surface area contributed by atoms with E-state index < -0.39 is 11.3 Å². The quantitative estimate of drug-likeness (QED) is 0.594. The van der Waals surface area contributed by atoms with Gasteiger partial charge in [-0.1, -0.05) is 0 Å². The summed E-state index contributed by atoms with van der Waals surface area (Å²) in [7, 11) is 0. The van der Waals surface area contributed by atoms with E-state index in [4.69, 9.17) is 5.11 Å². The summed E-state index contributed by atoms with van der Waals surface area (Å²) in [6.07, 6.45) is 1.56. The average Bonchev–Trinajstić information content (AvgIpc) is 2.33. The first kappa shape index (κ1) is 7.40. The highest BCUT2D eigenvalue weighted by molar-refractivity contribution is 7.99. The summed E-state index contributed by atoms with van der Waals surface area (Å²) in [6.45, 7) is 2.58. The largest absolute Gasteiger partial charge is 0.479 e. The molecule has 1 heterocycles. The highest BCUT2D eigenvalue weighted by Gasteiger charge is 2.26. The molecule has 1 aliphatic rings. The molecule has 0 radical (unpaired) electrons. The van der Waals surface area contributed by atoms with E-state index >= 15 is 0 Å². The fourth-order valence-electron chi connectivity index (χ4n) is 0.701. The number of hydrogen-bond donors (Lipinski definition) is 1. The number of aliphatic carboxylic acids is 1. The lowest BCUT2D eigenvalue weighted by atomic mass is 10.5. The molecule has 0 aromatic heterocycles. The van der Waals surface area contributed by atoms with Crippen LogP contribution < -0.4 is 0 Å². The van der Waals surface area contributed by atoms with Crippen molar-refractivity contribution in [3.05, 3.63) is 0 Å². The minimum atomic E-state index is -0.829. The van der Waals surface area contributed by atoms with Gasteiger partial charge in [-0.05, 0) is 6.92 Å². The molecule has 0 aromatic carbocycles. The monoisotopic (exact) mass is 160 g/mol. The van der Waals surface area contributed by atoms with E-state index in [-0.39, 0.29) is 0 Å². The highest BCUT2D eigenvalue weighted by atomic mass is 32.2. The van der Waals surface area contributed by atoms with Crippen LogP contribution in [0.4, 0.5) is 0 Å². The van der Waals surface area contributed by atoms with Crippen molar-refractivity contribution in [1.29, 1.82) is 0 Å². The van der Waals surface area contributed by atoms with E-state index in [2.05, 4.69) is 4.40 Å². The average molecular weight is 160 g/mol. The molecular formula is C5H8N2O2S. The molecule has 10 heavy (non-hydrogen) atoms. The molecule has 0 spiro atoms. The summed E-state index contributed by atoms with van der Waals surface area (Å²) in [5.74, 6) is -0.829. The maximum atomic E-state index is 10.4. The topological polar surface area (TPSA) is 52.9 Å². The standard InChI is InChI=1S/C5H8N2O2S/c1-2-7-3-6-10-4(7)5(8)9/h3-4H,2H2,1H3,(H,8,9). The van der Waals surface area contributed by atoms with Gasteiger partial charge >= 0.3 is 5.97 Å². The Morgan fingerprint density at radius 2 is 2.70 bits per heavy atom. The van der Waals surface area contributed by atoms with Crippen LogP contribution in [0.15, 0.2) is 4.40 Å². The predicted molar refractivity (Wildman–Crippen MR) is 39.9 cm³/mol. The second-order valence-corrected chi connectivity index (χ2v) is 2.72. The minimum absolute atomic E-state index is 0.509. The van der Waals surface area contributed by atoms with E-state index in [1.807, 2.05) is 6.92 Å². The van der Waals surface area contributed by atoms with E-state index in [1.165, 1.54) is 0 Å². The number of nitrogens with zero attached hydrogens (tertiary/aromatic N) is 2. The molecule has 1 rings (SSSR count). The highest BCUT2D eigenvalue weighted by Crippen LogP contribution is 2.21. The molecule has 0 aliphatic carbocycles. The molecule has 1 unspecified atom stereocenters. The Balaban J connectivity index is 2.56. The number of carboxylic acid groups (broad SMARTS) is 1. The van der Waals surface area contributed by atoms with Gasteiger partial charge in [0.05, 0.1) is 0 Å². The fraction of sp³-hybridized carbons (Fsp3) is 0.600. The first-order valence-corrected chi connectivity index (χ1v) is 3.77. The predicted octanol–water partition coefficient (Wildman–Crippen LogP) is 0.409. The molecule has 1 aliphatic heterocycles. The molecular weight excluding hydrogens is 152 g/mol. The van der Waals surface area contributed by atoms with E-state index in [0.717, 1.165) is 11.9 Å². The lowest BCUT2D eigenvalue weighted by Gasteiger charge is -2.15. The Morgan fingerprint density at radius 3 is 3.10 bits per heavy atom. The van der Waals surface area contributed by atoms with Crippen LogP contribution in [0.1, 0.15) is 6.92 Å². The van der Waals surface area contributed by atoms with Crippen molar-refractivity contribution < 1.29 is 9.90 Å². The normalized spacial score (nSPS) is 23.7. The summed E-state index contributed by atoms with van der Waals surface area (Å²) in [4.78, 5) is 12.1. The first-order valence-electron chi connectivity index (χ1n) is 2.93. The van der Waals surface area contributed by atoms with Gasteiger partial charge in [0.1, 0.15) is 6.34 Å². The SMILES string of the molecule is CCN1C=NSC1C(=O)O. The summed E-state index contributed by atoms with van der Waals surface area (Å²) < 4.78 is 3.78. The number of rotatable bonds is 2. The molecule has 0 aromatic rings. The third-order valence-electron chi connectivity index (χ3n) is 1.23. The van der Waals surface area contributed by atoms with Crippen molar-refractivity contribution in [3.63, 3.8) is 0 Å². The van der Waals surface area contributed by atoms with Crippen LogP contribution in [0.25, 0.3) is 0 Å². The maximum Gasteiger partial charge on any atom is 0.338 e. The smallest absolute Gasteiger partial charge is 0.338 e. The van der Waals surface area contributed by atoms with Crippen molar-refractivity contribution in [2.75, 3.05) is 6.54 Å². The molecule has 1 N–H and O–H groups in total. The van der Waals surface area contributed by atoms with Crippen LogP contribution in [0.3, 0.4) is 0 Å². The van der Waals surface area contributed by atoms with E-state index in [0.29, 0.717) is 6.54 Å². The Kier molecular flexibility index (Phi) is 2.16. The Morgan fingerprint density at radius 1 is 2.00 bits per heavy atom. The Bertz CT molecular complexity index is 171. The molecule has 0 saturated heterocycles. The van der Waals surface area contributed by atoms with Crippen LogP contribution in [0, 0.1) is 0 Å². The van der Waals surface area contributed by atoms with Gasteiger partial charge in [-0.3, -0.25) is 0 Å². The van der Waals surface area contributed by atoms with Crippen LogP contribution in [-0.4, -0.2) is 34.2 Å². The van der Waals surface area contributed by atoms with Gasteiger partial charge in [0.2, 0.25) is 0 Å². The van der Waals surface area contributed by atoms with E-state index in [1.54, 1.807) is 11.2 Å². The maximum absolute atomic E-state index is 10.4. The number of carboxylic acids is 1. The van der Waals surface area contributed by atoms with E-state index in [9.17, 15) is 4.79 Å². The number of hydrogen-bond acceptors (Lipinski definition) is 4. The lowest BCUT2D eigenvalue weighted by molar-refractivity contribution is -0.138. The van der Waals surface area contributed by atoms with Crippen LogP contribution in [0.2, 0.25) is 0 Å². The molecule has 56 valence electrons.